The number of imidazole rings is 1. The van der Waals surface area contributed by atoms with Gasteiger partial charge in [-0.1, -0.05) is 27.7 Å². The van der Waals surface area contributed by atoms with Gasteiger partial charge in [-0.2, -0.15) is 0 Å². The molecule has 0 aliphatic heterocycles. The van der Waals surface area contributed by atoms with Crippen LogP contribution in [0.25, 0.3) is 11.0 Å². The van der Waals surface area contributed by atoms with E-state index in [4.69, 9.17) is 0 Å². The van der Waals surface area contributed by atoms with Gasteiger partial charge in [0.2, 0.25) is 5.91 Å². The average Bonchev–Trinajstić information content (AvgIpc) is 2.61. The van der Waals surface area contributed by atoms with Crippen molar-refractivity contribution in [1.82, 2.24) is 9.97 Å². The summed E-state index contributed by atoms with van der Waals surface area (Å²) in [7, 11) is 0. The molecule has 4 nitrogen and oxygen atoms in total. The summed E-state index contributed by atoms with van der Waals surface area (Å²) in [5, 5.41) is 3.03. The minimum Gasteiger partial charge on any atom is -0.342 e. The van der Waals surface area contributed by atoms with E-state index in [-0.39, 0.29) is 22.7 Å². The van der Waals surface area contributed by atoms with Gasteiger partial charge in [-0.05, 0) is 36.0 Å². The van der Waals surface area contributed by atoms with E-state index >= 15 is 0 Å². The van der Waals surface area contributed by atoms with Crippen LogP contribution in [0.5, 0.6) is 0 Å². The number of rotatable bonds is 2. The number of aromatic amines is 1. The van der Waals surface area contributed by atoms with E-state index in [0.717, 1.165) is 22.5 Å². The lowest BCUT2D eigenvalue weighted by atomic mass is 10.0. The fraction of sp³-hybridized carbons (Fsp3) is 0.500. The summed E-state index contributed by atoms with van der Waals surface area (Å²) in [6.45, 7) is 10.5. The molecule has 1 amide bonds. The summed E-state index contributed by atoms with van der Waals surface area (Å²) in [5.74, 6) is 1.05. The van der Waals surface area contributed by atoms with E-state index in [1.807, 2.05) is 25.1 Å². The first-order chi connectivity index (χ1) is 9.23. The second-order valence-corrected chi connectivity index (χ2v) is 6.92. The molecule has 1 aromatic heterocycles. The highest BCUT2D eigenvalue weighted by molar-refractivity contribution is 5.97. The fourth-order valence-corrected chi connectivity index (χ4v) is 3.28. The predicted molar refractivity (Wildman–Crippen MR) is 80.5 cm³/mol. The zero-order valence-electron chi connectivity index (χ0n) is 12.7. The monoisotopic (exact) mass is 271 g/mol. The largest absolute Gasteiger partial charge is 0.342 e. The number of benzene rings is 1. The molecule has 3 rings (SSSR count). The predicted octanol–water partition coefficient (Wildman–Crippen LogP) is 3.49. The number of carbonyl (C=O) groups excluding carboxylic acids is 1. The molecule has 0 bridgehead atoms. The van der Waals surface area contributed by atoms with Crippen LogP contribution < -0.4 is 5.32 Å². The van der Waals surface area contributed by atoms with Crippen LogP contribution in [0.3, 0.4) is 0 Å². The Bertz CT molecular complexity index is 683. The summed E-state index contributed by atoms with van der Waals surface area (Å²) < 4.78 is 0. The zero-order valence-corrected chi connectivity index (χ0v) is 12.7. The summed E-state index contributed by atoms with van der Waals surface area (Å²) >= 11 is 0. The lowest BCUT2D eigenvalue weighted by Crippen LogP contribution is -2.17. The number of fused-ring (bicyclic) bond motifs is 1. The molecule has 0 saturated heterocycles. The minimum absolute atomic E-state index is 0.0613. The Morgan fingerprint density at radius 2 is 1.90 bits per heavy atom. The van der Waals surface area contributed by atoms with Crippen LogP contribution in [0, 0.1) is 23.7 Å². The highest BCUT2D eigenvalue weighted by Crippen LogP contribution is 2.68. The van der Waals surface area contributed by atoms with Gasteiger partial charge in [0.1, 0.15) is 5.82 Å². The maximum Gasteiger partial charge on any atom is 0.228 e. The van der Waals surface area contributed by atoms with Crippen molar-refractivity contribution >= 4 is 22.6 Å². The molecule has 4 heteroatoms. The van der Waals surface area contributed by atoms with Crippen molar-refractivity contribution in [2.75, 3.05) is 5.32 Å². The Balaban J connectivity index is 1.82. The van der Waals surface area contributed by atoms with Crippen molar-refractivity contribution in [1.29, 1.82) is 0 Å². The molecular weight excluding hydrogens is 250 g/mol. The van der Waals surface area contributed by atoms with Gasteiger partial charge in [0.25, 0.3) is 0 Å². The Morgan fingerprint density at radius 1 is 1.25 bits per heavy atom. The second kappa shape index (κ2) is 3.84. The number of hydrogen-bond acceptors (Lipinski definition) is 2. The second-order valence-electron chi connectivity index (χ2n) is 6.92. The summed E-state index contributed by atoms with van der Waals surface area (Å²) in [6.07, 6.45) is 0. The maximum absolute atomic E-state index is 12.4. The first-order valence-electron chi connectivity index (χ1n) is 7.01. The molecule has 1 aliphatic carbocycles. The van der Waals surface area contributed by atoms with Crippen LogP contribution in [0.2, 0.25) is 0 Å². The molecular formula is C16H21N3O. The van der Waals surface area contributed by atoms with Crippen LogP contribution in [0.15, 0.2) is 18.2 Å². The maximum atomic E-state index is 12.4. The third-order valence-corrected chi connectivity index (χ3v) is 5.15. The first kappa shape index (κ1) is 13.2. The van der Waals surface area contributed by atoms with Crippen LogP contribution >= 0.6 is 0 Å². The molecule has 0 atom stereocenters. The Morgan fingerprint density at radius 3 is 2.50 bits per heavy atom. The molecule has 1 aromatic carbocycles. The molecule has 1 aliphatic rings. The van der Waals surface area contributed by atoms with E-state index in [0.29, 0.717) is 0 Å². The Labute approximate surface area is 119 Å². The fourth-order valence-electron chi connectivity index (χ4n) is 3.28. The van der Waals surface area contributed by atoms with E-state index in [9.17, 15) is 4.79 Å². The van der Waals surface area contributed by atoms with Crippen molar-refractivity contribution in [3.63, 3.8) is 0 Å². The van der Waals surface area contributed by atoms with Crippen molar-refractivity contribution in [3.8, 4) is 0 Å². The molecule has 2 aromatic rings. The van der Waals surface area contributed by atoms with Gasteiger partial charge in [-0.15, -0.1) is 0 Å². The zero-order chi connectivity index (χ0) is 14.7. The van der Waals surface area contributed by atoms with Gasteiger partial charge in [0.05, 0.1) is 11.0 Å². The number of amides is 1. The number of H-pyrrole nitrogens is 1. The normalized spacial score (nSPS) is 20.1. The molecule has 0 radical (unpaired) electrons. The standard InChI is InChI=1S/C16H21N3O/c1-9-17-11-7-6-10(8-12(11)18-9)19-14(20)13-15(2,3)16(13,4)5/h6-8,13H,1-5H3,(H,17,18)(H,19,20). The molecule has 1 heterocycles. The van der Waals surface area contributed by atoms with Crippen molar-refractivity contribution in [2.45, 2.75) is 34.6 Å². The lowest BCUT2D eigenvalue weighted by molar-refractivity contribution is -0.118. The average molecular weight is 271 g/mol. The number of aromatic nitrogens is 2. The number of hydrogen-bond donors (Lipinski definition) is 2. The molecule has 2 N–H and O–H groups in total. The van der Waals surface area contributed by atoms with Crippen molar-refractivity contribution < 1.29 is 4.79 Å². The number of nitrogens with one attached hydrogen (secondary N) is 2. The van der Waals surface area contributed by atoms with Gasteiger partial charge in [0.15, 0.2) is 0 Å². The summed E-state index contributed by atoms with van der Waals surface area (Å²) in [6, 6.07) is 5.77. The molecule has 0 unspecified atom stereocenters. The lowest BCUT2D eigenvalue weighted by Gasteiger charge is -2.06. The molecule has 1 fully saturated rings. The summed E-state index contributed by atoms with van der Waals surface area (Å²) in [5.41, 5.74) is 2.82. The number of aryl methyl sites for hydroxylation is 1. The van der Waals surface area contributed by atoms with E-state index < -0.39 is 0 Å². The van der Waals surface area contributed by atoms with Gasteiger partial charge >= 0.3 is 0 Å². The SMILES string of the molecule is Cc1nc2ccc(NC(=O)C3C(C)(C)C3(C)C)cc2[nH]1. The molecule has 106 valence electrons. The van der Waals surface area contributed by atoms with Gasteiger partial charge in [-0.25, -0.2) is 4.98 Å². The van der Waals surface area contributed by atoms with E-state index in [1.165, 1.54) is 0 Å². The third-order valence-electron chi connectivity index (χ3n) is 5.15. The smallest absolute Gasteiger partial charge is 0.228 e. The first-order valence-corrected chi connectivity index (χ1v) is 7.01. The van der Waals surface area contributed by atoms with Crippen molar-refractivity contribution in [2.24, 2.45) is 16.7 Å². The van der Waals surface area contributed by atoms with Crippen LogP contribution in [0.1, 0.15) is 33.5 Å². The van der Waals surface area contributed by atoms with Gasteiger partial charge in [-0.3, -0.25) is 4.79 Å². The third kappa shape index (κ3) is 1.74. The highest BCUT2D eigenvalue weighted by Gasteiger charge is 2.68. The quantitative estimate of drug-likeness (QED) is 0.878. The van der Waals surface area contributed by atoms with Crippen molar-refractivity contribution in [3.05, 3.63) is 24.0 Å². The highest BCUT2D eigenvalue weighted by atomic mass is 16.2. The van der Waals surface area contributed by atoms with E-state index in [2.05, 4.69) is 43.0 Å². The Kier molecular flexibility index (Phi) is 2.53. The number of nitrogens with zero attached hydrogens (tertiary/aromatic N) is 1. The van der Waals surface area contributed by atoms with E-state index in [1.54, 1.807) is 0 Å². The minimum atomic E-state index is 0.0613. The van der Waals surface area contributed by atoms with Gasteiger partial charge in [0, 0.05) is 11.6 Å². The van der Waals surface area contributed by atoms with Crippen LogP contribution in [-0.2, 0) is 4.79 Å². The van der Waals surface area contributed by atoms with Crippen LogP contribution in [0.4, 0.5) is 5.69 Å². The van der Waals surface area contributed by atoms with Gasteiger partial charge < -0.3 is 10.3 Å². The topological polar surface area (TPSA) is 57.8 Å². The molecule has 1 saturated carbocycles. The molecule has 20 heavy (non-hydrogen) atoms. The number of carbonyl (C=O) groups is 1. The summed E-state index contributed by atoms with van der Waals surface area (Å²) in [4.78, 5) is 20.0. The van der Waals surface area contributed by atoms with Crippen LogP contribution in [-0.4, -0.2) is 15.9 Å². The number of anilines is 1. The Hall–Kier alpha value is -1.84. The molecule has 0 spiro atoms.